The summed E-state index contributed by atoms with van der Waals surface area (Å²) >= 11 is 0. The van der Waals surface area contributed by atoms with Gasteiger partial charge >= 0.3 is 0 Å². The summed E-state index contributed by atoms with van der Waals surface area (Å²) < 4.78 is 6.37. The zero-order chi connectivity index (χ0) is 21.5. The molecule has 0 radical (unpaired) electrons. The predicted molar refractivity (Wildman–Crippen MR) is 127 cm³/mol. The molecular weight excluding hydrogens is 368 g/mol. The van der Waals surface area contributed by atoms with E-state index in [-0.39, 0.29) is 6.10 Å². The molecule has 0 N–H and O–H groups in total. The Morgan fingerprint density at radius 2 is 1.57 bits per heavy atom. The molecule has 1 aromatic carbocycles. The second-order valence-corrected chi connectivity index (χ2v) is 8.94. The van der Waals surface area contributed by atoms with Gasteiger partial charge in [-0.2, -0.15) is 0 Å². The minimum absolute atomic E-state index is 0.151. The highest BCUT2D eigenvalue weighted by atomic mass is 16.5. The number of hydrogen-bond acceptors (Lipinski definition) is 3. The van der Waals surface area contributed by atoms with Gasteiger partial charge in [-0.05, 0) is 70.7 Å². The summed E-state index contributed by atoms with van der Waals surface area (Å²) in [5.74, 6) is 1.02. The number of ether oxygens (including phenoxy) is 1. The summed E-state index contributed by atoms with van der Waals surface area (Å²) in [4.78, 5) is 7.73. The second-order valence-electron chi connectivity index (χ2n) is 8.94. The molecule has 0 spiro atoms. The Hall–Kier alpha value is -1.87. The number of likely N-dealkylation sites (tertiary alicyclic amines) is 1. The predicted octanol–water partition coefficient (Wildman–Crippen LogP) is 6.74. The highest BCUT2D eigenvalue weighted by Crippen LogP contribution is 2.34. The van der Waals surface area contributed by atoms with Gasteiger partial charge < -0.3 is 4.74 Å². The lowest BCUT2D eigenvalue weighted by atomic mass is 9.94. The van der Waals surface area contributed by atoms with Crippen molar-refractivity contribution in [3.8, 4) is 17.0 Å². The molecule has 2 aromatic rings. The van der Waals surface area contributed by atoms with Crippen LogP contribution >= 0.6 is 0 Å². The summed E-state index contributed by atoms with van der Waals surface area (Å²) in [6, 6.07) is 8.86. The summed E-state index contributed by atoms with van der Waals surface area (Å²) in [6.07, 6.45) is 8.88. The molecule has 2 heterocycles. The third-order valence-corrected chi connectivity index (χ3v) is 6.24. The van der Waals surface area contributed by atoms with Crippen LogP contribution in [0.3, 0.4) is 0 Å². The van der Waals surface area contributed by atoms with Crippen LogP contribution in [0.5, 0.6) is 5.75 Å². The van der Waals surface area contributed by atoms with E-state index in [1.807, 2.05) is 0 Å². The van der Waals surface area contributed by atoms with E-state index in [2.05, 4.69) is 63.8 Å². The molecule has 1 aliphatic heterocycles. The van der Waals surface area contributed by atoms with Crippen molar-refractivity contribution in [2.24, 2.45) is 0 Å². The zero-order valence-electron chi connectivity index (χ0n) is 19.8. The first-order valence-electron chi connectivity index (χ1n) is 12.0. The number of benzene rings is 1. The van der Waals surface area contributed by atoms with Crippen molar-refractivity contribution >= 4 is 0 Å². The number of nitrogens with zero attached hydrogens (tertiary/aromatic N) is 2. The van der Waals surface area contributed by atoms with Gasteiger partial charge in [-0.15, -0.1) is 0 Å². The maximum absolute atomic E-state index is 6.37. The first-order chi connectivity index (χ1) is 14.5. The lowest BCUT2D eigenvalue weighted by Gasteiger charge is -2.27. The lowest BCUT2D eigenvalue weighted by molar-refractivity contribution is 0.217. The molecule has 164 valence electrons. The van der Waals surface area contributed by atoms with Crippen molar-refractivity contribution < 1.29 is 4.74 Å². The first-order valence-corrected chi connectivity index (χ1v) is 12.0. The molecular formula is C27H40N2O. The van der Waals surface area contributed by atoms with E-state index < -0.39 is 0 Å². The minimum Gasteiger partial charge on any atom is -0.491 e. The molecule has 3 heteroatoms. The highest BCUT2D eigenvalue weighted by molar-refractivity contribution is 5.70. The monoisotopic (exact) mass is 408 g/mol. The molecule has 1 aromatic heterocycles. The van der Waals surface area contributed by atoms with Crippen molar-refractivity contribution in [1.82, 2.24) is 9.88 Å². The third-order valence-electron chi connectivity index (χ3n) is 6.24. The van der Waals surface area contributed by atoms with Gasteiger partial charge in [0.15, 0.2) is 0 Å². The fraction of sp³-hybridized carbons (Fsp3) is 0.593. The van der Waals surface area contributed by atoms with E-state index in [1.165, 1.54) is 67.4 Å². The summed E-state index contributed by atoms with van der Waals surface area (Å²) in [5.41, 5.74) is 7.48. The Balaban J connectivity index is 2.02. The third kappa shape index (κ3) is 5.63. The Kier molecular flexibility index (Phi) is 8.32. The van der Waals surface area contributed by atoms with Gasteiger partial charge in [0.1, 0.15) is 5.75 Å². The number of aromatic nitrogens is 1. The molecule has 0 atom stereocenters. The van der Waals surface area contributed by atoms with Gasteiger partial charge in [0, 0.05) is 29.4 Å². The van der Waals surface area contributed by atoms with Gasteiger partial charge in [0.2, 0.25) is 0 Å². The maximum Gasteiger partial charge on any atom is 0.128 e. The van der Waals surface area contributed by atoms with Crippen molar-refractivity contribution in [1.29, 1.82) is 0 Å². The Labute approximate surface area is 183 Å². The Bertz CT molecular complexity index is 798. The van der Waals surface area contributed by atoms with Gasteiger partial charge in [-0.1, -0.05) is 51.3 Å². The van der Waals surface area contributed by atoms with Crippen LogP contribution in [0, 0.1) is 6.92 Å². The van der Waals surface area contributed by atoms with Crippen LogP contribution in [0.4, 0.5) is 0 Å². The maximum atomic E-state index is 6.37. The standard InChI is InChI=1S/C27H40N2O/c1-6-22-14-13-15-23(7-2)27(22)25-18-26(30-20(3)4)24(21(5)28-25)19-29-16-11-9-8-10-12-17-29/h13-15,18,20H,6-12,16-17,19H2,1-5H3. The van der Waals surface area contributed by atoms with E-state index >= 15 is 0 Å². The van der Waals surface area contributed by atoms with Crippen LogP contribution in [-0.4, -0.2) is 29.1 Å². The van der Waals surface area contributed by atoms with Gasteiger partial charge in [-0.25, -0.2) is 0 Å². The fourth-order valence-corrected chi connectivity index (χ4v) is 4.62. The molecule has 0 amide bonds. The van der Waals surface area contributed by atoms with Crippen molar-refractivity contribution in [3.63, 3.8) is 0 Å². The van der Waals surface area contributed by atoms with Gasteiger partial charge in [0.25, 0.3) is 0 Å². The van der Waals surface area contributed by atoms with Crippen molar-refractivity contribution in [2.45, 2.75) is 92.2 Å². The van der Waals surface area contributed by atoms with E-state index in [9.17, 15) is 0 Å². The molecule has 1 saturated heterocycles. The number of hydrogen-bond donors (Lipinski definition) is 0. The van der Waals surface area contributed by atoms with Crippen LogP contribution in [0.15, 0.2) is 24.3 Å². The summed E-state index contributed by atoms with van der Waals surface area (Å²) in [6.45, 7) is 14.2. The molecule has 0 aliphatic carbocycles. The van der Waals surface area contributed by atoms with E-state index in [1.54, 1.807) is 0 Å². The number of pyridine rings is 1. The van der Waals surface area contributed by atoms with Crippen LogP contribution in [-0.2, 0) is 19.4 Å². The molecule has 0 saturated carbocycles. The molecule has 3 rings (SSSR count). The Morgan fingerprint density at radius 3 is 2.13 bits per heavy atom. The quantitative estimate of drug-likeness (QED) is 0.507. The van der Waals surface area contributed by atoms with Crippen LogP contribution in [0.25, 0.3) is 11.3 Å². The molecule has 1 fully saturated rings. The first kappa shape index (κ1) is 22.8. The molecule has 0 unspecified atom stereocenters. The van der Waals surface area contributed by atoms with Gasteiger partial charge in [0.05, 0.1) is 11.8 Å². The molecule has 30 heavy (non-hydrogen) atoms. The molecule has 0 bridgehead atoms. The summed E-state index contributed by atoms with van der Waals surface area (Å²) in [5, 5.41) is 0. The second kappa shape index (κ2) is 10.9. The number of rotatable bonds is 7. The number of aryl methyl sites for hydroxylation is 3. The lowest BCUT2D eigenvalue weighted by Crippen LogP contribution is -2.28. The van der Waals surface area contributed by atoms with Crippen molar-refractivity contribution in [3.05, 3.63) is 46.6 Å². The fourth-order valence-electron chi connectivity index (χ4n) is 4.62. The van der Waals surface area contributed by atoms with Crippen LogP contribution in [0.1, 0.15) is 82.2 Å². The largest absolute Gasteiger partial charge is 0.491 e. The average Bonchev–Trinajstić information content (AvgIpc) is 2.70. The zero-order valence-corrected chi connectivity index (χ0v) is 19.8. The van der Waals surface area contributed by atoms with Crippen LogP contribution < -0.4 is 4.74 Å². The smallest absolute Gasteiger partial charge is 0.128 e. The van der Waals surface area contributed by atoms with E-state index in [4.69, 9.17) is 9.72 Å². The average molecular weight is 409 g/mol. The SMILES string of the molecule is CCc1cccc(CC)c1-c1cc(OC(C)C)c(CN2CCCCCCC2)c(C)n1. The van der Waals surface area contributed by atoms with E-state index in [0.29, 0.717) is 0 Å². The van der Waals surface area contributed by atoms with Crippen LogP contribution in [0.2, 0.25) is 0 Å². The van der Waals surface area contributed by atoms with Crippen molar-refractivity contribution in [2.75, 3.05) is 13.1 Å². The topological polar surface area (TPSA) is 25.4 Å². The normalized spacial score (nSPS) is 15.8. The molecule has 1 aliphatic rings. The summed E-state index contributed by atoms with van der Waals surface area (Å²) in [7, 11) is 0. The Morgan fingerprint density at radius 1 is 0.967 bits per heavy atom. The minimum atomic E-state index is 0.151. The molecule has 3 nitrogen and oxygen atoms in total. The van der Waals surface area contributed by atoms with E-state index in [0.717, 1.165) is 36.5 Å². The highest BCUT2D eigenvalue weighted by Gasteiger charge is 2.19. The van der Waals surface area contributed by atoms with Gasteiger partial charge in [-0.3, -0.25) is 9.88 Å².